The molecule has 0 aliphatic carbocycles. The number of hydrogen-bond donors (Lipinski definition) is 0. The van der Waals surface area contributed by atoms with Crippen molar-refractivity contribution in [1.82, 2.24) is 0 Å². The SMILES string of the molecule is Cc1cc(C)c(C(C(=O)c2ccccc2)S(=O)(=O)S(=O)[O-])c(C)c1. The zero-order chi connectivity index (χ0) is 18.1. The van der Waals surface area contributed by atoms with Crippen molar-refractivity contribution in [3.05, 3.63) is 70.3 Å². The van der Waals surface area contributed by atoms with Crippen LogP contribution in [-0.4, -0.2) is 23.0 Å². The molecule has 2 rings (SSSR count). The minimum Gasteiger partial charge on any atom is -0.760 e. The molecule has 24 heavy (non-hydrogen) atoms. The van der Waals surface area contributed by atoms with Crippen molar-refractivity contribution in [2.75, 3.05) is 0 Å². The van der Waals surface area contributed by atoms with Crippen LogP contribution in [0.4, 0.5) is 0 Å². The fourth-order valence-electron chi connectivity index (χ4n) is 2.84. The summed E-state index contributed by atoms with van der Waals surface area (Å²) in [4.78, 5) is 12.8. The van der Waals surface area contributed by atoms with Crippen LogP contribution in [0.25, 0.3) is 0 Å². The molecule has 2 aromatic rings. The highest BCUT2D eigenvalue weighted by molar-refractivity contribution is 8.62. The molecule has 0 N–H and O–H groups in total. The molecule has 0 heterocycles. The third-order valence-corrected chi connectivity index (χ3v) is 6.90. The number of rotatable bonds is 5. The Labute approximate surface area is 143 Å². The number of carbonyl (C=O) groups is 1. The van der Waals surface area contributed by atoms with Crippen LogP contribution in [0.5, 0.6) is 0 Å². The predicted molar refractivity (Wildman–Crippen MR) is 92.0 cm³/mol. The summed E-state index contributed by atoms with van der Waals surface area (Å²) in [6.45, 7) is 5.19. The van der Waals surface area contributed by atoms with Gasteiger partial charge in [-0.1, -0.05) is 48.0 Å². The van der Waals surface area contributed by atoms with Gasteiger partial charge in [0.15, 0.2) is 11.0 Å². The van der Waals surface area contributed by atoms with E-state index in [9.17, 15) is 22.0 Å². The fourth-order valence-corrected chi connectivity index (χ4v) is 5.08. The van der Waals surface area contributed by atoms with Crippen molar-refractivity contribution in [2.45, 2.75) is 26.0 Å². The van der Waals surface area contributed by atoms with E-state index in [-0.39, 0.29) is 11.1 Å². The van der Waals surface area contributed by atoms with Crippen LogP contribution in [0.15, 0.2) is 42.5 Å². The van der Waals surface area contributed by atoms with Crippen molar-refractivity contribution in [3.8, 4) is 0 Å². The van der Waals surface area contributed by atoms with Crippen molar-refractivity contribution >= 4 is 24.8 Å². The van der Waals surface area contributed by atoms with E-state index >= 15 is 0 Å². The normalized spacial score (nSPS) is 14.2. The standard InChI is InChI=1S/C17H18O5S2/c1-11-9-12(2)15(13(3)10-11)17(24(21,22)23(19)20)16(18)14-7-5-4-6-8-14/h4-10,17H,1-3H3,(H,19,20)/p-1. The molecule has 7 heteroatoms. The van der Waals surface area contributed by atoms with Gasteiger partial charge in [0.2, 0.25) is 8.87 Å². The van der Waals surface area contributed by atoms with Gasteiger partial charge in [0.1, 0.15) is 0 Å². The van der Waals surface area contributed by atoms with Crippen molar-refractivity contribution in [3.63, 3.8) is 0 Å². The first-order valence-corrected chi connectivity index (χ1v) is 10.3. The first-order valence-electron chi connectivity index (χ1n) is 7.17. The van der Waals surface area contributed by atoms with Gasteiger partial charge in [-0.05, 0) is 37.5 Å². The van der Waals surface area contributed by atoms with Crippen LogP contribution < -0.4 is 0 Å². The molecule has 2 unspecified atom stereocenters. The van der Waals surface area contributed by atoms with E-state index in [0.717, 1.165) is 5.56 Å². The second kappa shape index (κ2) is 6.96. The maximum Gasteiger partial charge on any atom is 0.231 e. The van der Waals surface area contributed by atoms with E-state index in [1.165, 1.54) is 12.1 Å². The molecule has 0 radical (unpaired) electrons. The Morgan fingerprint density at radius 2 is 1.54 bits per heavy atom. The molecular formula is C17H17O5S2-. The summed E-state index contributed by atoms with van der Waals surface area (Å²) in [5, 5.41) is -1.78. The molecule has 0 spiro atoms. The van der Waals surface area contributed by atoms with Gasteiger partial charge in [0, 0.05) is 5.56 Å². The highest BCUT2D eigenvalue weighted by Gasteiger charge is 2.37. The molecule has 0 aliphatic rings. The molecule has 2 aromatic carbocycles. The van der Waals surface area contributed by atoms with Crippen LogP contribution in [0.2, 0.25) is 0 Å². The lowest BCUT2D eigenvalue weighted by molar-refractivity contribution is 0.0986. The highest BCUT2D eigenvalue weighted by Crippen LogP contribution is 2.34. The lowest BCUT2D eigenvalue weighted by atomic mass is 9.93. The number of aryl methyl sites for hydroxylation is 3. The average molecular weight is 365 g/mol. The molecule has 0 aliphatic heterocycles. The van der Waals surface area contributed by atoms with Gasteiger partial charge in [-0.3, -0.25) is 9.00 Å². The van der Waals surface area contributed by atoms with E-state index < -0.39 is 30.0 Å². The molecule has 0 aromatic heterocycles. The molecular weight excluding hydrogens is 348 g/mol. The van der Waals surface area contributed by atoms with Crippen molar-refractivity contribution in [2.24, 2.45) is 0 Å². The first kappa shape index (κ1) is 18.5. The first-order chi connectivity index (χ1) is 11.2. The Hall–Kier alpha value is -1.83. The fraction of sp³-hybridized carbons (Fsp3) is 0.235. The molecule has 2 atom stereocenters. The molecule has 0 fully saturated rings. The summed E-state index contributed by atoms with van der Waals surface area (Å²) >= 11 is 0. The monoisotopic (exact) mass is 365 g/mol. The van der Waals surface area contributed by atoms with Gasteiger partial charge in [-0.2, -0.15) is 0 Å². The van der Waals surface area contributed by atoms with Crippen molar-refractivity contribution in [1.29, 1.82) is 0 Å². The quantitative estimate of drug-likeness (QED) is 0.461. The Morgan fingerprint density at radius 3 is 2.00 bits per heavy atom. The second-order valence-electron chi connectivity index (χ2n) is 5.62. The second-order valence-corrected chi connectivity index (χ2v) is 9.70. The summed E-state index contributed by atoms with van der Waals surface area (Å²) in [5.41, 5.74) is 2.40. The highest BCUT2D eigenvalue weighted by atomic mass is 33.2. The maximum absolute atomic E-state index is 12.8. The Bertz CT molecular complexity index is 879. The van der Waals surface area contributed by atoms with Gasteiger partial charge >= 0.3 is 0 Å². The summed E-state index contributed by atoms with van der Waals surface area (Å²) in [7, 11) is -8.15. The molecule has 0 saturated carbocycles. The van der Waals surface area contributed by atoms with E-state index in [1.54, 1.807) is 44.2 Å². The van der Waals surface area contributed by atoms with Gasteiger partial charge in [0.05, 0.1) is 10.1 Å². The van der Waals surface area contributed by atoms with Crippen LogP contribution in [-0.2, 0) is 19.0 Å². The van der Waals surface area contributed by atoms with Gasteiger partial charge in [-0.15, -0.1) is 0 Å². The number of hydrogen-bond acceptors (Lipinski definition) is 5. The van der Waals surface area contributed by atoms with Gasteiger partial charge < -0.3 is 4.55 Å². The van der Waals surface area contributed by atoms with Crippen LogP contribution in [0, 0.1) is 20.8 Å². The van der Waals surface area contributed by atoms with Gasteiger partial charge in [-0.25, -0.2) is 8.42 Å². The third-order valence-electron chi connectivity index (χ3n) is 3.78. The Balaban J connectivity index is 2.75. The minimum atomic E-state index is -4.73. The number of ketones is 1. The molecule has 0 bridgehead atoms. The number of carbonyl (C=O) groups excluding carboxylic acids is 1. The number of benzene rings is 2. The summed E-state index contributed by atoms with van der Waals surface area (Å²) in [6, 6.07) is 11.3. The zero-order valence-electron chi connectivity index (χ0n) is 13.5. The lowest BCUT2D eigenvalue weighted by Gasteiger charge is -2.22. The predicted octanol–water partition coefficient (Wildman–Crippen LogP) is 2.74. The summed E-state index contributed by atoms with van der Waals surface area (Å²) in [6.07, 6.45) is 0. The molecule has 5 nitrogen and oxygen atoms in total. The summed E-state index contributed by atoms with van der Waals surface area (Å²) < 4.78 is 47.4. The van der Waals surface area contributed by atoms with E-state index in [2.05, 4.69) is 0 Å². The smallest absolute Gasteiger partial charge is 0.231 e. The molecule has 0 saturated heterocycles. The topological polar surface area (TPSA) is 91.3 Å². The third kappa shape index (κ3) is 3.48. The van der Waals surface area contributed by atoms with E-state index in [0.29, 0.717) is 11.1 Å². The van der Waals surface area contributed by atoms with Crippen molar-refractivity contribution < 1.29 is 22.0 Å². The van der Waals surface area contributed by atoms with Crippen LogP contribution >= 0.6 is 0 Å². The maximum atomic E-state index is 12.8. The number of Topliss-reactive ketones (excluding diaryl/α,β-unsaturated/α-hetero) is 1. The van der Waals surface area contributed by atoms with E-state index in [4.69, 9.17) is 0 Å². The summed E-state index contributed by atoms with van der Waals surface area (Å²) in [5.74, 6) is -0.755. The average Bonchev–Trinajstić information content (AvgIpc) is 2.50. The van der Waals surface area contributed by atoms with Gasteiger partial charge in [0.25, 0.3) is 0 Å². The Morgan fingerprint density at radius 1 is 1.04 bits per heavy atom. The van der Waals surface area contributed by atoms with E-state index in [1.807, 2.05) is 6.92 Å². The van der Waals surface area contributed by atoms with Crippen LogP contribution in [0.1, 0.15) is 37.9 Å². The molecule has 128 valence electrons. The Kier molecular flexibility index (Phi) is 5.37. The lowest BCUT2D eigenvalue weighted by Crippen LogP contribution is -2.27. The molecule has 0 amide bonds. The largest absolute Gasteiger partial charge is 0.760 e. The zero-order valence-corrected chi connectivity index (χ0v) is 15.1. The van der Waals surface area contributed by atoms with Crippen LogP contribution in [0.3, 0.4) is 0 Å². The minimum absolute atomic E-state index is 0.149.